The highest BCUT2D eigenvalue weighted by Crippen LogP contribution is 2.33. The van der Waals surface area contributed by atoms with E-state index in [1.165, 1.54) is 0 Å². The number of benzene rings is 3. The third-order valence-electron chi connectivity index (χ3n) is 6.60. The van der Waals surface area contributed by atoms with E-state index >= 15 is 0 Å². The van der Waals surface area contributed by atoms with E-state index in [4.69, 9.17) is 24.4 Å². The first-order valence-corrected chi connectivity index (χ1v) is 11.7. The highest BCUT2D eigenvalue weighted by Gasteiger charge is 2.22. The largest absolute Gasteiger partial charge is 0.454 e. The SMILES string of the molecule is Cc1nc2c(c(=O)n1Cc1ccc3c(c1)OCO3)c1nc3ccccc3nc1n2Cc1ccccc1. The molecule has 0 N–H and O–H groups in total. The number of ether oxygens (including phenoxy) is 2. The Morgan fingerprint density at radius 2 is 1.47 bits per heavy atom. The quantitative estimate of drug-likeness (QED) is 0.375. The average Bonchev–Trinajstić information content (AvgIpc) is 3.48. The summed E-state index contributed by atoms with van der Waals surface area (Å²) >= 11 is 0. The molecule has 7 rings (SSSR count). The van der Waals surface area contributed by atoms with E-state index in [1.807, 2.05) is 72.2 Å². The van der Waals surface area contributed by atoms with E-state index in [1.54, 1.807) is 4.57 Å². The normalized spacial score (nSPS) is 12.7. The van der Waals surface area contributed by atoms with Crippen LogP contribution in [0.4, 0.5) is 0 Å². The molecule has 8 nitrogen and oxygen atoms in total. The van der Waals surface area contributed by atoms with Crippen molar-refractivity contribution in [2.24, 2.45) is 0 Å². The highest BCUT2D eigenvalue weighted by atomic mass is 16.7. The molecular formula is C28H21N5O3. The molecule has 0 saturated carbocycles. The molecule has 176 valence electrons. The first kappa shape index (κ1) is 20.6. The predicted octanol–water partition coefficient (Wildman–Crippen LogP) is 4.43. The summed E-state index contributed by atoms with van der Waals surface area (Å²) in [5.41, 5.74) is 5.20. The summed E-state index contributed by atoms with van der Waals surface area (Å²) in [7, 11) is 0. The number of hydrogen-bond donors (Lipinski definition) is 0. The summed E-state index contributed by atoms with van der Waals surface area (Å²) in [5.74, 6) is 2.01. The number of rotatable bonds is 4. The summed E-state index contributed by atoms with van der Waals surface area (Å²) in [4.78, 5) is 28.7. The minimum Gasteiger partial charge on any atom is -0.454 e. The van der Waals surface area contributed by atoms with Gasteiger partial charge in [0.15, 0.2) is 22.8 Å². The summed E-state index contributed by atoms with van der Waals surface area (Å²) < 4.78 is 14.6. The van der Waals surface area contributed by atoms with Gasteiger partial charge >= 0.3 is 0 Å². The Labute approximate surface area is 205 Å². The van der Waals surface area contributed by atoms with Crippen molar-refractivity contribution < 1.29 is 9.47 Å². The van der Waals surface area contributed by atoms with Crippen LogP contribution < -0.4 is 15.0 Å². The third-order valence-corrected chi connectivity index (χ3v) is 6.60. The van der Waals surface area contributed by atoms with Crippen molar-refractivity contribution in [1.82, 2.24) is 24.1 Å². The van der Waals surface area contributed by atoms with Crippen molar-refractivity contribution in [3.05, 3.63) is 100 Å². The van der Waals surface area contributed by atoms with Gasteiger partial charge in [-0.2, -0.15) is 0 Å². The van der Waals surface area contributed by atoms with Gasteiger partial charge < -0.3 is 14.0 Å². The van der Waals surface area contributed by atoms with Crippen LogP contribution in [-0.4, -0.2) is 30.9 Å². The Bertz CT molecular complexity index is 1860. The molecule has 0 radical (unpaired) electrons. The number of hydrogen-bond acceptors (Lipinski definition) is 6. The van der Waals surface area contributed by atoms with Crippen LogP contribution in [0.2, 0.25) is 0 Å². The molecule has 1 aliphatic rings. The van der Waals surface area contributed by atoms with Crippen LogP contribution in [0.25, 0.3) is 33.2 Å². The second-order valence-electron chi connectivity index (χ2n) is 8.89. The van der Waals surface area contributed by atoms with E-state index in [0.29, 0.717) is 52.6 Å². The lowest BCUT2D eigenvalue weighted by atomic mass is 10.2. The molecule has 36 heavy (non-hydrogen) atoms. The maximum Gasteiger partial charge on any atom is 0.265 e. The number of fused-ring (bicyclic) bond motifs is 5. The molecule has 0 saturated heterocycles. The number of nitrogens with zero attached hydrogens (tertiary/aromatic N) is 5. The Balaban J connectivity index is 1.47. The molecule has 1 aliphatic heterocycles. The second-order valence-corrected chi connectivity index (χ2v) is 8.89. The minimum absolute atomic E-state index is 0.142. The van der Waals surface area contributed by atoms with Gasteiger partial charge in [0.1, 0.15) is 16.7 Å². The fourth-order valence-electron chi connectivity index (χ4n) is 4.82. The molecule has 8 heteroatoms. The maximum absolute atomic E-state index is 14.0. The minimum atomic E-state index is -0.142. The lowest BCUT2D eigenvalue weighted by Crippen LogP contribution is -2.24. The van der Waals surface area contributed by atoms with Crippen LogP contribution in [0.3, 0.4) is 0 Å². The highest BCUT2D eigenvalue weighted by molar-refractivity contribution is 6.04. The topological polar surface area (TPSA) is 84.1 Å². The maximum atomic E-state index is 14.0. The molecule has 0 spiro atoms. The number of aryl methyl sites for hydroxylation is 1. The van der Waals surface area contributed by atoms with Gasteiger partial charge in [0.25, 0.3) is 5.56 Å². The van der Waals surface area contributed by atoms with Gasteiger partial charge in [0.2, 0.25) is 6.79 Å². The lowest BCUT2D eigenvalue weighted by molar-refractivity contribution is 0.174. The molecular weight excluding hydrogens is 454 g/mol. The molecule has 3 aromatic heterocycles. The Hall–Kier alpha value is -4.72. The molecule has 0 atom stereocenters. The van der Waals surface area contributed by atoms with E-state index in [9.17, 15) is 4.79 Å². The van der Waals surface area contributed by atoms with Crippen molar-refractivity contribution in [2.75, 3.05) is 6.79 Å². The Kier molecular flexibility index (Phi) is 4.54. The van der Waals surface area contributed by atoms with Gasteiger partial charge in [0, 0.05) is 0 Å². The van der Waals surface area contributed by atoms with Gasteiger partial charge in [-0.15, -0.1) is 0 Å². The smallest absolute Gasteiger partial charge is 0.265 e. The van der Waals surface area contributed by atoms with Crippen LogP contribution in [0.5, 0.6) is 11.5 Å². The molecule has 3 aromatic carbocycles. The zero-order valence-electron chi connectivity index (χ0n) is 19.5. The molecule has 0 fully saturated rings. The first-order chi connectivity index (χ1) is 17.7. The first-order valence-electron chi connectivity index (χ1n) is 11.7. The second kappa shape index (κ2) is 7.91. The zero-order valence-corrected chi connectivity index (χ0v) is 19.5. The molecule has 0 unspecified atom stereocenters. The van der Waals surface area contributed by atoms with E-state index in [0.717, 1.165) is 22.2 Å². The predicted molar refractivity (Wildman–Crippen MR) is 137 cm³/mol. The fraction of sp³-hybridized carbons (Fsp3) is 0.143. The van der Waals surface area contributed by atoms with E-state index in [2.05, 4.69) is 12.1 Å². The van der Waals surface area contributed by atoms with Crippen molar-refractivity contribution in [3.63, 3.8) is 0 Å². The standard InChI is InChI=1S/C28H21N5O3/c1-17-29-26-24(28(34)32(17)15-19-11-12-22-23(13-19)36-16-35-22)25-27(31-21-10-6-5-9-20(21)30-25)33(26)14-18-7-3-2-4-8-18/h2-13H,14-16H2,1H3. The molecule has 0 amide bonds. The van der Waals surface area contributed by atoms with Crippen molar-refractivity contribution >= 4 is 33.2 Å². The number of aromatic nitrogens is 5. The van der Waals surface area contributed by atoms with Gasteiger partial charge in [0.05, 0.1) is 24.1 Å². The molecule has 0 aliphatic carbocycles. The van der Waals surface area contributed by atoms with Gasteiger partial charge in [-0.3, -0.25) is 9.36 Å². The fourth-order valence-corrected chi connectivity index (χ4v) is 4.82. The van der Waals surface area contributed by atoms with Crippen LogP contribution in [0, 0.1) is 6.92 Å². The van der Waals surface area contributed by atoms with Crippen LogP contribution >= 0.6 is 0 Å². The average molecular weight is 476 g/mol. The van der Waals surface area contributed by atoms with Crippen molar-refractivity contribution in [3.8, 4) is 11.5 Å². The lowest BCUT2D eigenvalue weighted by Gasteiger charge is -2.11. The van der Waals surface area contributed by atoms with Crippen molar-refractivity contribution in [1.29, 1.82) is 0 Å². The summed E-state index contributed by atoms with van der Waals surface area (Å²) in [6.07, 6.45) is 0. The summed E-state index contributed by atoms with van der Waals surface area (Å²) in [6, 6.07) is 23.5. The van der Waals surface area contributed by atoms with Crippen LogP contribution in [0.1, 0.15) is 17.0 Å². The summed E-state index contributed by atoms with van der Waals surface area (Å²) in [5, 5.41) is 0.477. The molecule has 0 bridgehead atoms. The Morgan fingerprint density at radius 1 is 0.750 bits per heavy atom. The zero-order chi connectivity index (χ0) is 24.2. The van der Waals surface area contributed by atoms with E-state index in [-0.39, 0.29) is 12.4 Å². The van der Waals surface area contributed by atoms with Gasteiger partial charge in [-0.1, -0.05) is 48.5 Å². The van der Waals surface area contributed by atoms with Crippen LogP contribution in [0.15, 0.2) is 77.6 Å². The summed E-state index contributed by atoms with van der Waals surface area (Å²) in [6.45, 7) is 2.96. The monoisotopic (exact) mass is 475 g/mol. The van der Waals surface area contributed by atoms with Gasteiger partial charge in [-0.05, 0) is 42.3 Å². The van der Waals surface area contributed by atoms with E-state index < -0.39 is 0 Å². The van der Waals surface area contributed by atoms with Gasteiger partial charge in [-0.25, -0.2) is 15.0 Å². The Morgan fingerprint density at radius 3 is 2.31 bits per heavy atom. The molecule has 6 aromatic rings. The van der Waals surface area contributed by atoms with Crippen LogP contribution in [-0.2, 0) is 13.1 Å². The third kappa shape index (κ3) is 3.22. The van der Waals surface area contributed by atoms with Crippen molar-refractivity contribution in [2.45, 2.75) is 20.0 Å². The molecule has 4 heterocycles. The number of para-hydroxylation sites is 2.